The second kappa shape index (κ2) is 17.5. The third-order valence-electron chi connectivity index (χ3n) is 12.9. The number of pyridine rings is 1. The predicted octanol–water partition coefficient (Wildman–Crippen LogP) is 16.0. The molecular weight excluding hydrogens is 915 g/mol. The molecule has 1 heterocycles. The van der Waals surface area contributed by atoms with Crippen LogP contribution >= 0.6 is 0 Å². The molecule has 1 radical (unpaired) electrons. The molecular formula is C59H56IrN-. The van der Waals surface area contributed by atoms with E-state index < -0.39 is 0 Å². The largest absolute Gasteiger partial charge is 0.296 e. The maximum Gasteiger partial charge on any atom is 0.0602 e. The Kier molecular flexibility index (Phi) is 12.2. The van der Waals surface area contributed by atoms with E-state index in [1.807, 2.05) is 0 Å². The number of benzene rings is 7. The van der Waals surface area contributed by atoms with E-state index in [2.05, 4.69) is 205 Å². The van der Waals surface area contributed by atoms with Gasteiger partial charge in [-0.1, -0.05) is 186 Å². The molecule has 307 valence electrons. The van der Waals surface area contributed by atoms with Crippen molar-refractivity contribution in [2.45, 2.75) is 90.9 Å². The molecule has 61 heavy (non-hydrogen) atoms. The summed E-state index contributed by atoms with van der Waals surface area (Å²) >= 11 is 0. The fourth-order valence-electron chi connectivity index (χ4n) is 9.65. The molecule has 2 heteroatoms. The quantitative estimate of drug-likeness (QED) is 0.0930. The van der Waals surface area contributed by atoms with Crippen molar-refractivity contribution in [2.75, 3.05) is 0 Å². The van der Waals surface area contributed by atoms with Crippen LogP contribution in [0.4, 0.5) is 0 Å². The molecule has 8 aromatic rings. The Morgan fingerprint density at radius 1 is 0.541 bits per heavy atom. The van der Waals surface area contributed by atoms with Crippen molar-refractivity contribution in [1.29, 1.82) is 0 Å². The minimum Gasteiger partial charge on any atom is -0.296 e. The van der Waals surface area contributed by atoms with Crippen molar-refractivity contribution in [3.63, 3.8) is 0 Å². The van der Waals surface area contributed by atoms with Crippen molar-refractivity contribution in [3.8, 4) is 55.8 Å². The molecule has 0 bridgehead atoms. The van der Waals surface area contributed by atoms with Crippen LogP contribution in [0.5, 0.6) is 0 Å². The molecule has 1 aliphatic rings. The van der Waals surface area contributed by atoms with Gasteiger partial charge in [0.15, 0.2) is 0 Å². The molecule has 0 amide bonds. The Bertz CT molecular complexity index is 2830. The second-order valence-electron chi connectivity index (χ2n) is 18.6. The Hall–Kier alpha value is -5.40. The third kappa shape index (κ3) is 8.59. The first-order chi connectivity index (χ1) is 29.0. The first-order valence-electron chi connectivity index (χ1n) is 22.0. The SMILES string of the molecule is Cc1cc(-c2cccc(CCCCCCc3ccccc3)c2)cc(C(C)(C)C)c1-c1ccc2nc(-c3[c-]cc4c(c3)C(C)(C)c3ccccc3-4)cc(-c3ccccc3)c2c1.[Ir]. The molecule has 0 N–H and O–H groups in total. The first kappa shape index (κ1) is 42.3. The molecule has 7 aromatic carbocycles. The van der Waals surface area contributed by atoms with E-state index in [4.69, 9.17) is 4.98 Å². The van der Waals surface area contributed by atoms with Crippen LogP contribution in [0.1, 0.15) is 93.7 Å². The van der Waals surface area contributed by atoms with Crippen LogP contribution in [0.2, 0.25) is 0 Å². The molecule has 1 aromatic heterocycles. The zero-order chi connectivity index (χ0) is 41.4. The minimum atomic E-state index is -0.0897. The number of unbranched alkanes of at least 4 members (excludes halogenated alkanes) is 3. The normalized spacial score (nSPS) is 12.8. The molecule has 0 saturated carbocycles. The molecule has 0 spiro atoms. The molecule has 0 atom stereocenters. The molecule has 0 saturated heterocycles. The Labute approximate surface area is 377 Å². The summed E-state index contributed by atoms with van der Waals surface area (Å²) in [6.07, 6.45) is 7.34. The summed E-state index contributed by atoms with van der Waals surface area (Å²) in [5, 5.41) is 1.16. The van der Waals surface area contributed by atoms with Crippen molar-refractivity contribution >= 4 is 10.9 Å². The average Bonchev–Trinajstić information content (AvgIpc) is 3.49. The van der Waals surface area contributed by atoms with Gasteiger partial charge in [-0.2, -0.15) is 0 Å². The van der Waals surface area contributed by atoms with Gasteiger partial charge in [0.2, 0.25) is 0 Å². The number of hydrogen-bond donors (Lipinski definition) is 0. The smallest absolute Gasteiger partial charge is 0.0602 e. The molecule has 0 unspecified atom stereocenters. The van der Waals surface area contributed by atoms with Gasteiger partial charge in [-0.15, -0.1) is 29.3 Å². The van der Waals surface area contributed by atoms with Crippen molar-refractivity contribution < 1.29 is 20.1 Å². The van der Waals surface area contributed by atoms with Crippen LogP contribution in [-0.2, 0) is 43.8 Å². The Morgan fingerprint density at radius 2 is 1.21 bits per heavy atom. The zero-order valence-electron chi connectivity index (χ0n) is 36.5. The van der Waals surface area contributed by atoms with Crippen molar-refractivity contribution in [3.05, 3.63) is 197 Å². The summed E-state index contributed by atoms with van der Waals surface area (Å²) in [6.45, 7) is 14.0. The fraction of sp³-hybridized carbons (Fsp3) is 0.237. The molecule has 1 nitrogen and oxygen atoms in total. The number of rotatable bonds is 11. The number of aromatic nitrogens is 1. The van der Waals surface area contributed by atoms with E-state index >= 15 is 0 Å². The summed E-state index contributed by atoms with van der Waals surface area (Å²) in [6, 6.07) is 62.0. The van der Waals surface area contributed by atoms with Gasteiger partial charge in [0.05, 0.1) is 5.52 Å². The van der Waals surface area contributed by atoms with Gasteiger partial charge in [0, 0.05) is 25.5 Å². The standard InChI is InChI=1S/C59H56N.Ir/c1-40-34-47(44-27-19-24-42(35-44)23-12-8-7-11-20-41-21-13-9-14-22-41)38-54(58(2,3)4)57(40)46-31-33-55-51(36-46)50(43-25-15-10-16-26-43)39-56(60-55)45-30-32-49-48-28-17-18-29-52(48)59(5,6)53(49)37-45;/h9-10,13-19,21-22,24-29,31-39H,7-8,11-12,20,23H2,1-6H3;/q-1;. The monoisotopic (exact) mass is 971 g/mol. The topological polar surface area (TPSA) is 12.9 Å². The van der Waals surface area contributed by atoms with Gasteiger partial charge in [-0.25, -0.2) is 0 Å². The van der Waals surface area contributed by atoms with E-state index in [0.29, 0.717) is 0 Å². The molecule has 0 aliphatic heterocycles. The summed E-state index contributed by atoms with van der Waals surface area (Å²) in [5.74, 6) is 0. The van der Waals surface area contributed by atoms with E-state index in [1.54, 1.807) is 0 Å². The van der Waals surface area contributed by atoms with Crippen LogP contribution in [-0.4, -0.2) is 4.98 Å². The van der Waals surface area contributed by atoms with Crippen molar-refractivity contribution in [2.24, 2.45) is 0 Å². The number of fused-ring (bicyclic) bond motifs is 4. The van der Waals surface area contributed by atoms with Crippen LogP contribution in [0, 0.1) is 13.0 Å². The number of hydrogen-bond acceptors (Lipinski definition) is 1. The van der Waals surface area contributed by atoms with E-state index in [-0.39, 0.29) is 30.9 Å². The first-order valence-corrected chi connectivity index (χ1v) is 22.0. The maximum atomic E-state index is 5.36. The van der Waals surface area contributed by atoms with Crippen molar-refractivity contribution in [1.82, 2.24) is 4.98 Å². The molecule has 1 aliphatic carbocycles. The summed E-state index contributed by atoms with van der Waals surface area (Å²) in [4.78, 5) is 5.36. The van der Waals surface area contributed by atoms with Gasteiger partial charge in [0.25, 0.3) is 0 Å². The number of aryl methyl sites for hydroxylation is 3. The van der Waals surface area contributed by atoms with Crippen LogP contribution in [0.25, 0.3) is 66.7 Å². The third-order valence-corrected chi connectivity index (χ3v) is 12.9. The van der Waals surface area contributed by atoms with E-state index in [0.717, 1.165) is 28.6 Å². The Balaban J connectivity index is 0.00000514. The zero-order valence-corrected chi connectivity index (χ0v) is 38.9. The van der Waals surface area contributed by atoms with E-state index in [1.165, 1.54) is 110 Å². The summed E-state index contributed by atoms with van der Waals surface area (Å²) in [5.41, 5.74) is 21.2. The molecule has 0 fully saturated rings. The summed E-state index contributed by atoms with van der Waals surface area (Å²) < 4.78 is 0. The van der Waals surface area contributed by atoms with Gasteiger partial charge < -0.3 is 0 Å². The average molecular weight is 971 g/mol. The second-order valence-corrected chi connectivity index (χ2v) is 18.6. The van der Waals surface area contributed by atoms with Gasteiger partial charge in [0.1, 0.15) is 0 Å². The maximum absolute atomic E-state index is 5.36. The number of nitrogens with zero attached hydrogens (tertiary/aromatic N) is 1. The minimum absolute atomic E-state index is 0. The fourth-order valence-corrected chi connectivity index (χ4v) is 9.65. The Morgan fingerprint density at radius 3 is 1.97 bits per heavy atom. The van der Waals surface area contributed by atoms with E-state index in [9.17, 15) is 0 Å². The van der Waals surface area contributed by atoms with Crippen LogP contribution in [0.15, 0.2) is 158 Å². The summed E-state index contributed by atoms with van der Waals surface area (Å²) in [7, 11) is 0. The van der Waals surface area contributed by atoms with Gasteiger partial charge in [-0.05, 0) is 129 Å². The van der Waals surface area contributed by atoms with Crippen LogP contribution in [0.3, 0.4) is 0 Å². The predicted molar refractivity (Wildman–Crippen MR) is 256 cm³/mol. The van der Waals surface area contributed by atoms with Gasteiger partial charge >= 0.3 is 0 Å². The molecule has 9 rings (SSSR count). The van der Waals surface area contributed by atoms with Crippen LogP contribution < -0.4 is 0 Å². The van der Waals surface area contributed by atoms with Gasteiger partial charge in [-0.3, -0.25) is 4.98 Å².